The lowest BCUT2D eigenvalue weighted by Gasteiger charge is -2.39. The Bertz CT molecular complexity index is 747. The summed E-state index contributed by atoms with van der Waals surface area (Å²) in [6.07, 6.45) is 7.84. The molecule has 8 nitrogen and oxygen atoms in total. The molecule has 3 heterocycles. The Morgan fingerprint density at radius 1 is 1.38 bits per heavy atom. The summed E-state index contributed by atoms with van der Waals surface area (Å²) in [5.41, 5.74) is 1.06. The van der Waals surface area contributed by atoms with Crippen LogP contribution >= 0.6 is 0 Å². The molecule has 0 radical (unpaired) electrons. The molecule has 1 atom stereocenters. The second-order valence-electron chi connectivity index (χ2n) is 6.99. The monoisotopic (exact) mass is 358 g/mol. The quantitative estimate of drug-likeness (QED) is 0.785. The number of carbonyl (C=O) groups excluding carboxylic acids is 1. The van der Waals surface area contributed by atoms with Crippen LogP contribution in [0, 0.1) is 6.92 Å². The van der Waals surface area contributed by atoms with E-state index in [2.05, 4.69) is 20.4 Å². The van der Waals surface area contributed by atoms with Gasteiger partial charge in [-0.05, 0) is 37.8 Å². The predicted octanol–water partition coefficient (Wildman–Crippen LogP) is 0.599. The fraction of sp³-hybridized carbons (Fsp3) is 0.556. The molecule has 3 rings (SSSR count). The maximum atomic E-state index is 12.2. The fourth-order valence-electron chi connectivity index (χ4n) is 3.38. The summed E-state index contributed by atoms with van der Waals surface area (Å²) in [7, 11) is 1.87. The highest BCUT2D eigenvalue weighted by Gasteiger charge is 2.34. The number of carbonyl (C=O) groups is 1. The van der Waals surface area contributed by atoms with Gasteiger partial charge in [-0.25, -0.2) is 9.97 Å². The molecule has 0 aromatic carbocycles. The summed E-state index contributed by atoms with van der Waals surface area (Å²) in [6.45, 7) is 3.40. The molecule has 0 unspecified atom stereocenters. The molecule has 1 amide bonds. The minimum absolute atomic E-state index is 0.0604. The molecule has 0 aliphatic carbocycles. The van der Waals surface area contributed by atoms with E-state index in [9.17, 15) is 9.90 Å². The van der Waals surface area contributed by atoms with Gasteiger partial charge in [-0.1, -0.05) is 0 Å². The van der Waals surface area contributed by atoms with Gasteiger partial charge in [0.25, 0.3) is 0 Å². The first-order valence-corrected chi connectivity index (χ1v) is 8.95. The summed E-state index contributed by atoms with van der Waals surface area (Å²) in [5.74, 6) is 0.554. The number of amides is 1. The molecule has 8 heteroatoms. The fourth-order valence-corrected chi connectivity index (χ4v) is 3.38. The SMILES string of the molecule is Cc1nn(C)cc1CCC(=O)NC[C@@]1(O)CCCN(c2ncccn2)C1. The number of aromatic nitrogens is 4. The first-order valence-electron chi connectivity index (χ1n) is 8.95. The lowest BCUT2D eigenvalue weighted by molar-refractivity contribution is -0.122. The largest absolute Gasteiger partial charge is 0.386 e. The zero-order chi connectivity index (χ0) is 18.6. The van der Waals surface area contributed by atoms with E-state index >= 15 is 0 Å². The van der Waals surface area contributed by atoms with E-state index in [4.69, 9.17) is 0 Å². The van der Waals surface area contributed by atoms with Crippen molar-refractivity contribution in [3.63, 3.8) is 0 Å². The van der Waals surface area contributed by atoms with E-state index in [-0.39, 0.29) is 12.5 Å². The summed E-state index contributed by atoms with van der Waals surface area (Å²) >= 11 is 0. The normalized spacial score (nSPS) is 20.2. The number of piperidine rings is 1. The molecule has 1 saturated heterocycles. The Morgan fingerprint density at radius 3 is 2.85 bits per heavy atom. The number of rotatable bonds is 6. The van der Waals surface area contributed by atoms with Crippen LogP contribution in [0.3, 0.4) is 0 Å². The number of anilines is 1. The van der Waals surface area contributed by atoms with E-state index in [0.29, 0.717) is 31.8 Å². The van der Waals surface area contributed by atoms with E-state index in [0.717, 1.165) is 24.2 Å². The molecule has 2 aromatic rings. The van der Waals surface area contributed by atoms with Crippen molar-refractivity contribution in [3.05, 3.63) is 35.9 Å². The van der Waals surface area contributed by atoms with Crippen molar-refractivity contribution in [2.24, 2.45) is 7.05 Å². The third-order valence-electron chi connectivity index (χ3n) is 4.74. The first-order chi connectivity index (χ1) is 12.5. The molecular formula is C18H26N6O2. The second-order valence-corrected chi connectivity index (χ2v) is 6.99. The van der Waals surface area contributed by atoms with Gasteiger partial charge in [0.1, 0.15) is 0 Å². The predicted molar refractivity (Wildman–Crippen MR) is 97.7 cm³/mol. The van der Waals surface area contributed by atoms with Crippen molar-refractivity contribution in [1.29, 1.82) is 0 Å². The molecule has 1 fully saturated rings. The van der Waals surface area contributed by atoms with Gasteiger partial charge in [0.2, 0.25) is 11.9 Å². The van der Waals surface area contributed by atoms with Crippen molar-refractivity contribution >= 4 is 11.9 Å². The molecule has 26 heavy (non-hydrogen) atoms. The number of nitrogens with zero attached hydrogens (tertiary/aromatic N) is 5. The average Bonchev–Trinajstić information content (AvgIpc) is 2.96. The lowest BCUT2D eigenvalue weighted by atomic mass is 9.93. The van der Waals surface area contributed by atoms with Crippen molar-refractivity contribution in [3.8, 4) is 0 Å². The van der Waals surface area contributed by atoms with Crippen LogP contribution in [0.5, 0.6) is 0 Å². The number of hydrogen-bond donors (Lipinski definition) is 2. The van der Waals surface area contributed by atoms with Crippen LogP contribution in [0.1, 0.15) is 30.5 Å². The van der Waals surface area contributed by atoms with Crippen LogP contribution in [0.15, 0.2) is 24.7 Å². The molecule has 140 valence electrons. The molecule has 2 N–H and O–H groups in total. The van der Waals surface area contributed by atoms with Gasteiger partial charge in [0.05, 0.1) is 17.8 Å². The summed E-state index contributed by atoms with van der Waals surface area (Å²) in [5, 5.41) is 18.0. The van der Waals surface area contributed by atoms with Crippen LogP contribution in [0.25, 0.3) is 0 Å². The molecule has 2 aromatic heterocycles. The maximum absolute atomic E-state index is 12.2. The zero-order valence-corrected chi connectivity index (χ0v) is 15.4. The molecule has 0 spiro atoms. The molecule has 0 bridgehead atoms. The molecule has 0 saturated carbocycles. The molecule has 1 aliphatic heterocycles. The van der Waals surface area contributed by atoms with Gasteiger partial charge in [0, 0.05) is 45.1 Å². The Hall–Kier alpha value is -2.48. The van der Waals surface area contributed by atoms with Crippen molar-refractivity contribution in [2.75, 3.05) is 24.5 Å². The molecular weight excluding hydrogens is 332 g/mol. The number of β-amino-alcohol motifs (C(OH)–C–C–N with tert-alkyl or cyclic N) is 1. The van der Waals surface area contributed by atoms with Gasteiger partial charge in [-0.15, -0.1) is 0 Å². The van der Waals surface area contributed by atoms with Crippen LogP contribution in [0.4, 0.5) is 5.95 Å². The minimum atomic E-state index is -0.961. The third kappa shape index (κ3) is 4.57. The average molecular weight is 358 g/mol. The Kier molecular flexibility index (Phi) is 5.51. The topological polar surface area (TPSA) is 96.2 Å². The second kappa shape index (κ2) is 7.82. The lowest BCUT2D eigenvalue weighted by Crippen LogP contribution is -2.54. The Labute approximate surface area is 153 Å². The molecule has 1 aliphatic rings. The summed E-state index contributed by atoms with van der Waals surface area (Å²) in [4.78, 5) is 22.6. The number of nitrogens with one attached hydrogen (secondary N) is 1. The number of aliphatic hydroxyl groups is 1. The standard InChI is InChI=1S/C18H26N6O2/c1-14-15(11-23(2)22-14)5-6-16(25)21-12-18(26)7-3-10-24(13-18)17-19-8-4-9-20-17/h4,8-9,11,26H,3,5-7,10,12-13H2,1-2H3,(H,21,25)/t18-/m0/s1. The minimum Gasteiger partial charge on any atom is -0.386 e. The first kappa shape index (κ1) is 18.3. The van der Waals surface area contributed by atoms with E-state index in [1.54, 1.807) is 23.1 Å². The van der Waals surface area contributed by atoms with Gasteiger partial charge in [-0.2, -0.15) is 5.10 Å². The highest BCUT2D eigenvalue weighted by Crippen LogP contribution is 2.23. The van der Waals surface area contributed by atoms with Crippen LogP contribution in [0.2, 0.25) is 0 Å². The van der Waals surface area contributed by atoms with Gasteiger partial charge >= 0.3 is 0 Å². The number of hydrogen-bond acceptors (Lipinski definition) is 6. The summed E-state index contributed by atoms with van der Waals surface area (Å²) in [6, 6.07) is 1.77. The van der Waals surface area contributed by atoms with E-state index in [1.807, 2.05) is 25.1 Å². The highest BCUT2D eigenvalue weighted by atomic mass is 16.3. The van der Waals surface area contributed by atoms with Crippen molar-refractivity contribution < 1.29 is 9.90 Å². The maximum Gasteiger partial charge on any atom is 0.225 e. The van der Waals surface area contributed by atoms with E-state index < -0.39 is 5.60 Å². The third-order valence-corrected chi connectivity index (χ3v) is 4.74. The van der Waals surface area contributed by atoms with Gasteiger partial charge in [0.15, 0.2) is 0 Å². The zero-order valence-electron chi connectivity index (χ0n) is 15.4. The van der Waals surface area contributed by atoms with Gasteiger partial charge in [-0.3, -0.25) is 9.48 Å². The number of aryl methyl sites for hydroxylation is 3. The van der Waals surface area contributed by atoms with Crippen molar-refractivity contribution in [1.82, 2.24) is 25.1 Å². The van der Waals surface area contributed by atoms with Crippen LogP contribution < -0.4 is 10.2 Å². The Morgan fingerprint density at radius 2 is 2.15 bits per heavy atom. The van der Waals surface area contributed by atoms with Crippen LogP contribution in [-0.2, 0) is 18.3 Å². The smallest absolute Gasteiger partial charge is 0.225 e. The highest BCUT2D eigenvalue weighted by molar-refractivity contribution is 5.76. The summed E-state index contributed by atoms with van der Waals surface area (Å²) < 4.78 is 1.76. The van der Waals surface area contributed by atoms with E-state index in [1.165, 1.54) is 0 Å². The van der Waals surface area contributed by atoms with Gasteiger partial charge < -0.3 is 15.3 Å². The van der Waals surface area contributed by atoms with Crippen LogP contribution in [-0.4, -0.2) is 56.0 Å². The Balaban J connectivity index is 1.49. The van der Waals surface area contributed by atoms with Crippen molar-refractivity contribution in [2.45, 2.75) is 38.2 Å².